The smallest absolute Gasteiger partial charge is 0.123 e. The van der Waals surface area contributed by atoms with Crippen molar-refractivity contribution in [2.45, 2.75) is 47.1 Å². The zero-order valence-corrected chi connectivity index (χ0v) is 13.5. The number of hydrogen-bond donors (Lipinski definition) is 1. The molecule has 1 N–H and O–H groups in total. The predicted octanol–water partition coefficient (Wildman–Crippen LogP) is 4.74. The third-order valence-corrected chi connectivity index (χ3v) is 4.05. The molecule has 0 aliphatic carbocycles. The Bertz CT molecular complexity index is 630. The van der Waals surface area contributed by atoms with E-state index in [-0.39, 0.29) is 11.9 Å². The molecule has 0 saturated carbocycles. The van der Waals surface area contributed by atoms with E-state index in [1.54, 1.807) is 6.07 Å². The summed E-state index contributed by atoms with van der Waals surface area (Å²) >= 11 is 0. The number of rotatable bonds is 5. The van der Waals surface area contributed by atoms with Crippen LogP contribution in [-0.2, 0) is 0 Å². The Balaban J connectivity index is 2.52. The van der Waals surface area contributed by atoms with Gasteiger partial charge in [0, 0.05) is 5.56 Å². The summed E-state index contributed by atoms with van der Waals surface area (Å²) in [5.74, 6) is 1.69. The molecule has 2 nitrogen and oxygen atoms in total. The zero-order valence-electron chi connectivity index (χ0n) is 13.5. The van der Waals surface area contributed by atoms with Crippen molar-refractivity contribution < 1.29 is 8.81 Å². The van der Waals surface area contributed by atoms with Gasteiger partial charge < -0.3 is 9.73 Å². The fourth-order valence-corrected chi connectivity index (χ4v) is 2.85. The second-order valence-electron chi connectivity index (χ2n) is 5.64. The van der Waals surface area contributed by atoms with Crippen LogP contribution in [0.1, 0.15) is 53.2 Å². The van der Waals surface area contributed by atoms with Gasteiger partial charge in [0.25, 0.3) is 0 Å². The molecule has 1 unspecified atom stereocenters. The van der Waals surface area contributed by atoms with Crippen LogP contribution in [-0.4, -0.2) is 6.54 Å². The molecule has 114 valence electrons. The highest BCUT2D eigenvalue weighted by atomic mass is 19.1. The Morgan fingerprint density at radius 3 is 2.38 bits per heavy atom. The van der Waals surface area contributed by atoms with E-state index in [1.807, 2.05) is 26.8 Å². The van der Waals surface area contributed by atoms with Crippen molar-refractivity contribution in [1.29, 1.82) is 0 Å². The third kappa shape index (κ3) is 3.18. The number of aryl methyl sites for hydroxylation is 3. The topological polar surface area (TPSA) is 25.2 Å². The predicted molar refractivity (Wildman–Crippen MR) is 84.2 cm³/mol. The molecule has 1 aromatic heterocycles. The van der Waals surface area contributed by atoms with Gasteiger partial charge in [-0.05, 0) is 69.5 Å². The van der Waals surface area contributed by atoms with Crippen molar-refractivity contribution in [3.63, 3.8) is 0 Å². The average Bonchev–Trinajstić information content (AvgIpc) is 2.67. The summed E-state index contributed by atoms with van der Waals surface area (Å²) in [4.78, 5) is 0. The minimum Gasteiger partial charge on any atom is -0.466 e. The van der Waals surface area contributed by atoms with Gasteiger partial charge in [-0.15, -0.1) is 0 Å². The van der Waals surface area contributed by atoms with Gasteiger partial charge in [-0.1, -0.05) is 13.0 Å². The molecule has 2 rings (SSSR count). The molecule has 2 aromatic rings. The Kier molecular flexibility index (Phi) is 4.84. The lowest BCUT2D eigenvalue weighted by atomic mass is 9.92. The molecule has 0 saturated heterocycles. The van der Waals surface area contributed by atoms with Crippen molar-refractivity contribution in [2.75, 3.05) is 6.54 Å². The highest BCUT2D eigenvalue weighted by molar-refractivity contribution is 5.43. The Morgan fingerprint density at radius 2 is 1.86 bits per heavy atom. The molecule has 3 heteroatoms. The summed E-state index contributed by atoms with van der Waals surface area (Å²) in [6, 6.07) is 5.04. The minimum absolute atomic E-state index is 0.0444. The number of nitrogens with one attached hydrogen (secondary N) is 1. The lowest BCUT2D eigenvalue weighted by Gasteiger charge is -2.22. The summed E-state index contributed by atoms with van der Waals surface area (Å²) in [5, 5.41) is 3.57. The molecule has 0 aliphatic rings. The van der Waals surface area contributed by atoms with Crippen LogP contribution >= 0.6 is 0 Å². The minimum atomic E-state index is -0.192. The first-order chi connectivity index (χ1) is 9.95. The lowest BCUT2D eigenvalue weighted by molar-refractivity contribution is 0.492. The van der Waals surface area contributed by atoms with Crippen LogP contribution in [0.2, 0.25) is 0 Å². The van der Waals surface area contributed by atoms with E-state index in [4.69, 9.17) is 4.42 Å². The Morgan fingerprint density at radius 1 is 1.14 bits per heavy atom. The van der Waals surface area contributed by atoms with Crippen LogP contribution in [0, 0.1) is 33.5 Å². The van der Waals surface area contributed by atoms with Gasteiger partial charge in [-0.3, -0.25) is 0 Å². The van der Waals surface area contributed by atoms with Gasteiger partial charge in [0.05, 0.1) is 6.04 Å². The maximum absolute atomic E-state index is 13.4. The van der Waals surface area contributed by atoms with Crippen LogP contribution < -0.4 is 5.32 Å². The molecular formula is C18H24FNO. The number of hydrogen-bond acceptors (Lipinski definition) is 2. The molecular weight excluding hydrogens is 265 g/mol. The zero-order chi connectivity index (χ0) is 15.6. The second kappa shape index (κ2) is 6.44. The van der Waals surface area contributed by atoms with Crippen LogP contribution in [0.3, 0.4) is 0 Å². The molecule has 0 amide bonds. The molecule has 0 aliphatic heterocycles. The van der Waals surface area contributed by atoms with Gasteiger partial charge in [-0.25, -0.2) is 4.39 Å². The van der Waals surface area contributed by atoms with Crippen LogP contribution in [0.5, 0.6) is 0 Å². The molecule has 0 fully saturated rings. The maximum Gasteiger partial charge on any atom is 0.123 e. The molecule has 1 aromatic carbocycles. The van der Waals surface area contributed by atoms with Gasteiger partial charge in [0.15, 0.2) is 0 Å². The monoisotopic (exact) mass is 289 g/mol. The van der Waals surface area contributed by atoms with Gasteiger partial charge >= 0.3 is 0 Å². The second-order valence-corrected chi connectivity index (χ2v) is 5.64. The first-order valence-electron chi connectivity index (χ1n) is 7.51. The molecule has 21 heavy (non-hydrogen) atoms. The third-order valence-electron chi connectivity index (χ3n) is 4.05. The average molecular weight is 289 g/mol. The van der Waals surface area contributed by atoms with E-state index < -0.39 is 0 Å². The summed E-state index contributed by atoms with van der Waals surface area (Å²) in [7, 11) is 0. The van der Waals surface area contributed by atoms with Crippen LogP contribution in [0.25, 0.3) is 0 Å². The lowest BCUT2D eigenvalue weighted by Crippen LogP contribution is -2.25. The van der Waals surface area contributed by atoms with E-state index in [2.05, 4.69) is 19.2 Å². The molecule has 0 spiro atoms. The molecule has 1 atom stereocenters. The highest BCUT2D eigenvalue weighted by Crippen LogP contribution is 2.33. The van der Waals surface area contributed by atoms with Crippen LogP contribution in [0.4, 0.5) is 4.39 Å². The van der Waals surface area contributed by atoms with Crippen molar-refractivity contribution in [2.24, 2.45) is 0 Å². The fourth-order valence-electron chi connectivity index (χ4n) is 2.85. The van der Waals surface area contributed by atoms with Gasteiger partial charge in [0.2, 0.25) is 0 Å². The Labute approximate surface area is 126 Å². The van der Waals surface area contributed by atoms with Crippen molar-refractivity contribution in [1.82, 2.24) is 5.32 Å². The summed E-state index contributed by atoms with van der Waals surface area (Å²) < 4.78 is 19.2. The van der Waals surface area contributed by atoms with E-state index >= 15 is 0 Å². The van der Waals surface area contributed by atoms with E-state index in [1.165, 1.54) is 17.2 Å². The quantitative estimate of drug-likeness (QED) is 0.860. The van der Waals surface area contributed by atoms with E-state index in [9.17, 15) is 4.39 Å². The van der Waals surface area contributed by atoms with Crippen molar-refractivity contribution in [3.05, 3.63) is 57.8 Å². The SMILES string of the molecule is CCCNC(c1ccc(F)cc1C)c1c(C)oc(C)c1C. The Hall–Kier alpha value is -1.61. The normalized spacial score (nSPS) is 12.7. The summed E-state index contributed by atoms with van der Waals surface area (Å²) in [6.45, 7) is 11.1. The van der Waals surface area contributed by atoms with Gasteiger partial charge in [0.1, 0.15) is 17.3 Å². The standard InChI is InChI=1S/C18H24FNO/c1-6-9-20-18(16-8-7-15(19)10-11(16)2)17-12(3)13(4)21-14(17)5/h7-8,10,18,20H,6,9H2,1-5H3. The maximum atomic E-state index is 13.4. The van der Waals surface area contributed by atoms with Gasteiger partial charge in [-0.2, -0.15) is 0 Å². The summed E-state index contributed by atoms with van der Waals surface area (Å²) in [6.07, 6.45) is 1.05. The number of furan rings is 1. The first kappa shape index (κ1) is 15.8. The van der Waals surface area contributed by atoms with E-state index in [0.717, 1.165) is 35.6 Å². The molecule has 1 heterocycles. The van der Waals surface area contributed by atoms with E-state index in [0.29, 0.717) is 0 Å². The van der Waals surface area contributed by atoms with Crippen molar-refractivity contribution >= 4 is 0 Å². The number of halogens is 1. The number of benzene rings is 1. The summed E-state index contributed by atoms with van der Waals surface area (Å²) in [5.41, 5.74) is 4.42. The molecule has 0 bridgehead atoms. The van der Waals surface area contributed by atoms with Crippen LogP contribution in [0.15, 0.2) is 22.6 Å². The largest absolute Gasteiger partial charge is 0.466 e. The molecule has 0 radical (unpaired) electrons. The highest BCUT2D eigenvalue weighted by Gasteiger charge is 2.23. The first-order valence-corrected chi connectivity index (χ1v) is 7.51. The van der Waals surface area contributed by atoms with Crippen molar-refractivity contribution in [3.8, 4) is 0 Å². The fraction of sp³-hybridized carbons (Fsp3) is 0.444.